The van der Waals surface area contributed by atoms with Gasteiger partial charge in [0.15, 0.2) is 0 Å². The van der Waals surface area contributed by atoms with Crippen LogP contribution in [0.25, 0.3) is 0 Å². The highest BCUT2D eigenvalue weighted by atomic mass is 16.2. The van der Waals surface area contributed by atoms with E-state index in [2.05, 4.69) is 15.6 Å². The van der Waals surface area contributed by atoms with E-state index < -0.39 is 0 Å². The van der Waals surface area contributed by atoms with Gasteiger partial charge in [0.1, 0.15) is 6.54 Å². The summed E-state index contributed by atoms with van der Waals surface area (Å²) in [5, 5.41) is 10.7. The number of anilines is 1. The molecule has 0 spiro atoms. The topological polar surface area (TPSA) is 85.8 Å². The molecule has 6 nitrogen and oxygen atoms in total. The number of nitrogens with two attached hydrogens (primary N) is 1. The molecule has 0 aliphatic heterocycles. The first-order valence-corrected chi connectivity index (χ1v) is 6.54. The van der Waals surface area contributed by atoms with Gasteiger partial charge >= 0.3 is 0 Å². The number of carbonyl (C=O) groups is 1. The van der Waals surface area contributed by atoms with Gasteiger partial charge in [0.25, 0.3) is 0 Å². The van der Waals surface area contributed by atoms with Crippen molar-refractivity contribution in [2.24, 2.45) is 5.73 Å². The van der Waals surface area contributed by atoms with Crippen molar-refractivity contribution in [2.45, 2.75) is 26.8 Å². The lowest BCUT2D eigenvalue weighted by atomic mass is 10.1. The number of aryl methyl sites for hydroxylation is 2. The van der Waals surface area contributed by atoms with Gasteiger partial charge in [-0.3, -0.25) is 4.79 Å². The number of nitrogens with one attached hydrogen (secondary N) is 1. The van der Waals surface area contributed by atoms with Crippen molar-refractivity contribution < 1.29 is 4.79 Å². The highest BCUT2D eigenvalue weighted by Crippen LogP contribution is 2.14. The Bertz CT molecular complexity index is 605. The zero-order chi connectivity index (χ0) is 14.5. The monoisotopic (exact) mass is 273 g/mol. The SMILES string of the molecule is Cc1ccc(NC(=O)Cn2cc(CCN)nn2)cc1C. The van der Waals surface area contributed by atoms with Gasteiger partial charge in [0, 0.05) is 18.3 Å². The van der Waals surface area contributed by atoms with Crippen molar-refractivity contribution in [3.8, 4) is 0 Å². The van der Waals surface area contributed by atoms with E-state index in [0.717, 1.165) is 16.9 Å². The predicted octanol–water partition coefficient (Wildman–Crippen LogP) is 1.03. The van der Waals surface area contributed by atoms with Crippen LogP contribution >= 0.6 is 0 Å². The van der Waals surface area contributed by atoms with Gasteiger partial charge in [0.2, 0.25) is 5.91 Å². The first-order valence-electron chi connectivity index (χ1n) is 6.54. The van der Waals surface area contributed by atoms with Crippen LogP contribution in [0.3, 0.4) is 0 Å². The fourth-order valence-corrected chi connectivity index (χ4v) is 1.85. The van der Waals surface area contributed by atoms with Crippen LogP contribution in [-0.4, -0.2) is 27.4 Å². The molecule has 1 heterocycles. The minimum absolute atomic E-state index is 0.127. The van der Waals surface area contributed by atoms with Gasteiger partial charge in [-0.25, -0.2) is 4.68 Å². The third-order valence-corrected chi connectivity index (χ3v) is 3.08. The molecule has 0 bridgehead atoms. The highest BCUT2D eigenvalue weighted by molar-refractivity contribution is 5.90. The lowest BCUT2D eigenvalue weighted by Gasteiger charge is -2.07. The molecule has 0 atom stereocenters. The van der Waals surface area contributed by atoms with E-state index in [-0.39, 0.29) is 12.5 Å². The van der Waals surface area contributed by atoms with Crippen LogP contribution in [-0.2, 0) is 17.8 Å². The Kier molecular flexibility index (Phi) is 4.47. The number of aromatic nitrogens is 3. The molecule has 6 heteroatoms. The molecule has 0 radical (unpaired) electrons. The number of nitrogens with zero attached hydrogens (tertiary/aromatic N) is 3. The van der Waals surface area contributed by atoms with Crippen LogP contribution in [0, 0.1) is 13.8 Å². The number of carbonyl (C=O) groups excluding carboxylic acids is 1. The van der Waals surface area contributed by atoms with Crippen LogP contribution in [0.15, 0.2) is 24.4 Å². The van der Waals surface area contributed by atoms with Gasteiger partial charge < -0.3 is 11.1 Å². The summed E-state index contributed by atoms with van der Waals surface area (Å²) in [4.78, 5) is 11.9. The van der Waals surface area contributed by atoms with Crippen molar-refractivity contribution in [3.63, 3.8) is 0 Å². The predicted molar refractivity (Wildman–Crippen MR) is 77.3 cm³/mol. The fourth-order valence-electron chi connectivity index (χ4n) is 1.85. The largest absolute Gasteiger partial charge is 0.330 e. The smallest absolute Gasteiger partial charge is 0.246 e. The van der Waals surface area contributed by atoms with Gasteiger partial charge in [-0.15, -0.1) is 5.10 Å². The summed E-state index contributed by atoms with van der Waals surface area (Å²) >= 11 is 0. The van der Waals surface area contributed by atoms with E-state index in [4.69, 9.17) is 5.73 Å². The summed E-state index contributed by atoms with van der Waals surface area (Å²) in [6.45, 7) is 4.72. The zero-order valence-electron chi connectivity index (χ0n) is 11.8. The third-order valence-electron chi connectivity index (χ3n) is 3.08. The molecule has 0 aliphatic carbocycles. The summed E-state index contributed by atoms with van der Waals surface area (Å²) in [5.41, 5.74) is 9.38. The van der Waals surface area contributed by atoms with Gasteiger partial charge in [-0.2, -0.15) is 0 Å². The highest BCUT2D eigenvalue weighted by Gasteiger charge is 2.07. The van der Waals surface area contributed by atoms with E-state index in [1.165, 1.54) is 10.2 Å². The number of amides is 1. The maximum Gasteiger partial charge on any atom is 0.246 e. The molecule has 3 N–H and O–H groups in total. The Labute approximate surface area is 118 Å². The average Bonchev–Trinajstić information content (AvgIpc) is 2.81. The summed E-state index contributed by atoms with van der Waals surface area (Å²) in [7, 11) is 0. The molecule has 0 fully saturated rings. The Balaban J connectivity index is 1.95. The van der Waals surface area contributed by atoms with Crippen LogP contribution in [0.5, 0.6) is 0 Å². The second-order valence-corrected chi connectivity index (χ2v) is 4.79. The first-order chi connectivity index (χ1) is 9.58. The molecule has 106 valence electrons. The molecule has 1 aromatic carbocycles. The Morgan fingerprint density at radius 3 is 2.85 bits per heavy atom. The molecule has 0 unspecified atom stereocenters. The molecular weight excluding hydrogens is 254 g/mol. The third kappa shape index (κ3) is 3.64. The van der Waals surface area contributed by atoms with Gasteiger partial charge in [0.05, 0.1) is 5.69 Å². The Morgan fingerprint density at radius 1 is 1.35 bits per heavy atom. The maximum atomic E-state index is 11.9. The molecule has 0 aliphatic rings. The number of benzene rings is 1. The first kappa shape index (κ1) is 14.2. The quantitative estimate of drug-likeness (QED) is 0.852. The zero-order valence-corrected chi connectivity index (χ0v) is 11.8. The van der Waals surface area contributed by atoms with E-state index in [9.17, 15) is 4.79 Å². The minimum Gasteiger partial charge on any atom is -0.330 e. The van der Waals surface area contributed by atoms with Gasteiger partial charge in [-0.05, 0) is 43.7 Å². The summed E-state index contributed by atoms with van der Waals surface area (Å²) in [6.07, 6.45) is 2.41. The minimum atomic E-state index is -0.127. The number of rotatable bonds is 5. The van der Waals surface area contributed by atoms with Crippen molar-refractivity contribution in [2.75, 3.05) is 11.9 Å². The van der Waals surface area contributed by atoms with Crippen molar-refractivity contribution >= 4 is 11.6 Å². The van der Waals surface area contributed by atoms with Crippen molar-refractivity contribution in [1.82, 2.24) is 15.0 Å². The average molecular weight is 273 g/mol. The molecule has 20 heavy (non-hydrogen) atoms. The van der Waals surface area contributed by atoms with E-state index >= 15 is 0 Å². The van der Waals surface area contributed by atoms with E-state index in [1.54, 1.807) is 6.20 Å². The molecule has 1 aromatic heterocycles. The maximum absolute atomic E-state index is 11.9. The lowest BCUT2D eigenvalue weighted by Crippen LogP contribution is -2.19. The number of hydrogen-bond acceptors (Lipinski definition) is 4. The van der Waals surface area contributed by atoms with Crippen LogP contribution in [0.4, 0.5) is 5.69 Å². The molecule has 0 saturated carbocycles. The van der Waals surface area contributed by atoms with Crippen LogP contribution in [0.2, 0.25) is 0 Å². The fraction of sp³-hybridized carbons (Fsp3) is 0.357. The number of hydrogen-bond donors (Lipinski definition) is 2. The van der Waals surface area contributed by atoms with Gasteiger partial charge in [-0.1, -0.05) is 11.3 Å². The van der Waals surface area contributed by atoms with E-state index in [1.807, 2.05) is 32.0 Å². The molecule has 1 amide bonds. The summed E-state index contributed by atoms with van der Waals surface area (Å²) < 4.78 is 1.52. The molecule has 2 aromatic rings. The van der Waals surface area contributed by atoms with Crippen molar-refractivity contribution in [1.29, 1.82) is 0 Å². The van der Waals surface area contributed by atoms with Crippen molar-refractivity contribution in [3.05, 3.63) is 41.2 Å². The second-order valence-electron chi connectivity index (χ2n) is 4.79. The van der Waals surface area contributed by atoms with Crippen LogP contribution < -0.4 is 11.1 Å². The molecular formula is C14H19N5O. The van der Waals surface area contributed by atoms with Crippen LogP contribution in [0.1, 0.15) is 16.8 Å². The molecule has 0 saturated heterocycles. The normalized spacial score (nSPS) is 10.6. The second kappa shape index (κ2) is 6.29. The lowest BCUT2D eigenvalue weighted by molar-refractivity contribution is -0.116. The molecule has 2 rings (SSSR count). The summed E-state index contributed by atoms with van der Waals surface area (Å²) in [5.74, 6) is -0.127. The summed E-state index contributed by atoms with van der Waals surface area (Å²) in [6, 6.07) is 5.83. The Hall–Kier alpha value is -2.21. The standard InChI is InChI=1S/C14H19N5O/c1-10-3-4-12(7-11(10)2)16-14(20)9-19-8-13(5-6-15)17-18-19/h3-4,7-8H,5-6,9,15H2,1-2H3,(H,16,20). The van der Waals surface area contributed by atoms with E-state index in [0.29, 0.717) is 13.0 Å². The Morgan fingerprint density at radius 2 is 2.15 bits per heavy atom.